The van der Waals surface area contributed by atoms with Gasteiger partial charge in [0.1, 0.15) is 17.5 Å². The fourth-order valence-corrected chi connectivity index (χ4v) is 1.73. The SMILES string of the molecule is CCCc1nc(NCC)c(C)c(NCC(=O)N(C)C)n1. The Balaban J connectivity index is 2.94. The lowest BCUT2D eigenvalue weighted by atomic mass is 10.2. The van der Waals surface area contributed by atoms with Gasteiger partial charge in [0.15, 0.2) is 0 Å². The average Bonchev–Trinajstić information content (AvgIpc) is 2.40. The van der Waals surface area contributed by atoms with Gasteiger partial charge in [0.25, 0.3) is 0 Å². The summed E-state index contributed by atoms with van der Waals surface area (Å²) in [6.45, 7) is 7.13. The van der Waals surface area contributed by atoms with E-state index in [-0.39, 0.29) is 12.5 Å². The third-order valence-corrected chi connectivity index (χ3v) is 2.92. The smallest absolute Gasteiger partial charge is 0.241 e. The fourth-order valence-electron chi connectivity index (χ4n) is 1.73. The Hall–Kier alpha value is -1.85. The number of nitrogens with one attached hydrogen (secondary N) is 2. The van der Waals surface area contributed by atoms with Crippen molar-refractivity contribution >= 4 is 17.5 Å². The Kier molecular flexibility index (Phi) is 6.21. The molecule has 6 heteroatoms. The summed E-state index contributed by atoms with van der Waals surface area (Å²) in [7, 11) is 3.48. The van der Waals surface area contributed by atoms with Crippen LogP contribution in [0.1, 0.15) is 31.7 Å². The van der Waals surface area contributed by atoms with Crippen molar-refractivity contribution in [2.75, 3.05) is 37.8 Å². The minimum atomic E-state index is 0.0186. The van der Waals surface area contributed by atoms with Gasteiger partial charge in [-0.05, 0) is 20.3 Å². The third-order valence-electron chi connectivity index (χ3n) is 2.92. The van der Waals surface area contributed by atoms with Crippen LogP contribution >= 0.6 is 0 Å². The molecule has 1 heterocycles. The summed E-state index contributed by atoms with van der Waals surface area (Å²) < 4.78 is 0. The Morgan fingerprint density at radius 3 is 2.25 bits per heavy atom. The maximum atomic E-state index is 11.7. The predicted octanol–water partition coefficient (Wildman–Crippen LogP) is 1.67. The zero-order valence-corrected chi connectivity index (χ0v) is 13.1. The van der Waals surface area contributed by atoms with E-state index in [1.165, 1.54) is 0 Å². The topological polar surface area (TPSA) is 70.2 Å². The number of nitrogens with zero attached hydrogens (tertiary/aromatic N) is 3. The van der Waals surface area contributed by atoms with Gasteiger partial charge in [-0.25, -0.2) is 9.97 Å². The summed E-state index contributed by atoms with van der Waals surface area (Å²) in [6, 6.07) is 0. The van der Waals surface area contributed by atoms with Crippen molar-refractivity contribution in [1.82, 2.24) is 14.9 Å². The van der Waals surface area contributed by atoms with Gasteiger partial charge in [-0.3, -0.25) is 4.79 Å². The molecule has 20 heavy (non-hydrogen) atoms. The summed E-state index contributed by atoms with van der Waals surface area (Å²) in [4.78, 5) is 22.2. The molecule has 6 nitrogen and oxygen atoms in total. The normalized spacial score (nSPS) is 10.2. The summed E-state index contributed by atoms with van der Waals surface area (Å²) in [5.74, 6) is 2.39. The second kappa shape index (κ2) is 7.67. The molecule has 0 aromatic carbocycles. The quantitative estimate of drug-likeness (QED) is 0.794. The number of rotatable bonds is 7. The van der Waals surface area contributed by atoms with E-state index in [0.717, 1.165) is 42.4 Å². The molecule has 0 saturated heterocycles. The van der Waals surface area contributed by atoms with Crippen LogP contribution in [0.2, 0.25) is 0 Å². The van der Waals surface area contributed by atoms with Crippen molar-refractivity contribution < 1.29 is 4.79 Å². The molecule has 112 valence electrons. The molecule has 1 aromatic rings. The van der Waals surface area contributed by atoms with E-state index in [0.29, 0.717) is 0 Å². The molecule has 0 spiro atoms. The maximum Gasteiger partial charge on any atom is 0.241 e. The molecule has 0 aliphatic carbocycles. The summed E-state index contributed by atoms with van der Waals surface area (Å²) in [6.07, 6.45) is 1.82. The number of anilines is 2. The molecule has 0 radical (unpaired) electrons. The van der Waals surface area contributed by atoms with Gasteiger partial charge in [0, 0.05) is 32.6 Å². The number of hydrogen-bond acceptors (Lipinski definition) is 5. The average molecular weight is 279 g/mol. The number of amides is 1. The van der Waals surface area contributed by atoms with E-state index in [9.17, 15) is 4.79 Å². The van der Waals surface area contributed by atoms with Crippen LogP contribution < -0.4 is 10.6 Å². The summed E-state index contributed by atoms with van der Waals surface area (Å²) in [5, 5.41) is 6.35. The second-order valence-corrected chi connectivity index (χ2v) is 4.88. The van der Waals surface area contributed by atoms with Gasteiger partial charge >= 0.3 is 0 Å². The number of hydrogen-bond donors (Lipinski definition) is 2. The van der Waals surface area contributed by atoms with Gasteiger partial charge in [0.05, 0.1) is 6.54 Å². The molecule has 0 saturated carbocycles. The van der Waals surface area contributed by atoms with Crippen LogP contribution in [0, 0.1) is 6.92 Å². The molecular weight excluding hydrogens is 254 g/mol. The number of aromatic nitrogens is 2. The van der Waals surface area contributed by atoms with Crippen molar-refractivity contribution in [2.24, 2.45) is 0 Å². The molecule has 1 amide bonds. The highest BCUT2D eigenvalue weighted by atomic mass is 16.2. The summed E-state index contributed by atoms with van der Waals surface area (Å²) >= 11 is 0. The lowest BCUT2D eigenvalue weighted by Gasteiger charge is -2.16. The van der Waals surface area contributed by atoms with Crippen molar-refractivity contribution in [3.05, 3.63) is 11.4 Å². The Bertz CT molecular complexity index is 459. The highest BCUT2D eigenvalue weighted by Crippen LogP contribution is 2.20. The number of aryl methyl sites for hydroxylation is 1. The molecule has 2 N–H and O–H groups in total. The minimum Gasteiger partial charge on any atom is -0.370 e. The third kappa shape index (κ3) is 4.36. The monoisotopic (exact) mass is 279 g/mol. The van der Waals surface area contributed by atoms with E-state index in [2.05, 4.69) is 27.5 Å². The fraction of sp³-hybridized carbons (Fsp3) is 0.643. The first-order valence-electron chi connectivity index (χ1n) is 7.05. The van der Waals surface area contributed by atoms with E-state index in [1.807, 2.05) is 13.8 Å². The molecule has 1 aromatic heterocycles. The number of likely N-dealkylation sites (N-methyl/N-ethyl adjacent to an activating group) is 1. The number of carbonyl (C=O) groups excluding carboxylic acids is 1. The predicted molar refractivity (Wildman–Crippen MR) is 82.1 cm³/mol. The molecule has 0 atom stereocenters. The first kappa shape index (κ1) is 16.2. The lowest BCUT2D eigenvalue weighted by molar-refractivity contribution is -0.126. The highest BCUT2D eigenvalue weighted by Gasteiger charge is 2.11. The van der Waals surface area contributed by atoms with E-state index >= 15 is 0 Å². The van der Waals surface area contributed by atoms with Crippen LogP contribution in [0.15, 0.2) is 0 Å². The van der Waals surface area contributed by atoms with Gasteiger partial charge < -0.3 is 15.5 Å². The number of carbonyl (C=O) groups is 1. The molecule has 1 rings (SSSR count). The molecule has 0 fully saturated rings. The van der Waals surface area contributed by atoms with Crippen LogP contribution in [0.4, 0.5) is 11.6 Å². The standard InChI is InChI=1S/C14H25N5O/c1-6-8-11-17-13(15-7-2)10(3)14(18-11)16-9-12(20)19(4)5/h6-9H2,1-5H3,(H2,15,16,17,18). The molecular formula is C14H25N5O. The Morgan fingerprint density at radius 2 is 1.75 bits per heavy atom. The summed E-state index contributed by atoms with van der Waals surface area (Å²) in [5.41, 5.74) is 0.943. The Morgan fingerprint density at radius 1 is 1.15 bits per heavy atom. The highest BCUT2D eigenvalue weighted by molar-refractivity contribution is 5.80. The van der Waals surface area contributed by atoms with Crippen LogP contribution in [-0.4, -0.2) is 48.0 Å². The van der Waals surface area contributed by atoms with Crippen molar-refractivity contribution in [1.29, 1.82) is 0 Å². The van der Waals surface area contributed by atoms with E-state index < -0.39 is 0 Å². The first-order valence-corrected chi connectivity index (χ1v) is 7.05. The van der Waals surface area contributed by atoms with Gasteiger partial charge in [-0.2, -0.15) is 0 Å². The lowest BCUT2D eigenvalue weighted by Crippen LogP contribution is -2.29. The van der Waals surface area contributed by atoms with Gasteiger partial charge in [0.2, 0.25) is 5.91 Å². The first-order chi connectivity index (χ1) is 9.49. The second-order valence-electron chi connectivity index (χ2n) is 4.88. The molecule has 0 bridgehead atoms. The zero-order chi connectivity index (χ0) is 15.1. The minimum absolute atomic E-state index is 0.0186. The van der Waals surface area contributed by atoms with Crippen LogP contribution in [0.25, 0.3) is 0 Å². The van der Waals surface area contributed by atoms with E-state index in [4.69, 9.17) is 0 Å². The van der Waals surface area contributed by atoms with Crippen molar-refractivity contribution in [3.63, 3.8) is 0 Å². The van der Waals surface area contributed by atoms with Gasteiger partial charge in [-0.15, -0.1) is 0 Å². The largest absolute Gasteiger partial charge is 0.370 e. The van der Waals surface area contributed by atoms with Crippen LogP contribution in [0.5, 0.6) is 0 Å². The molecule has 0 aliphatic heterocycles. The molecule has 0 aliphatic rings. The van der Waals surface area contributed by atoms with Crippen molar-refractivity contribution in [3.8, 4) is 0 Å². The maximum absolute atomic E-state index is 11.7. The zero-order valence-electron chi connectivity index (χ0n) is 13.1. The van der Waals surface area contributed by atoms with E-state index in [1.54, 1.807) is 19.0 Å². The Labute approximate surface area is 121 Å². The molecule has 0 unspecified atom stereocenters. The van der Waals surface area contributed by atoms with Crippen LogP contribution in [-0.2, 0) is 11.2 Å². The van der Waals surface area contributed by atoms with Crippen LogP contribution in [0.3, 0.4) is 0 Å². The van der Waals surface area contributed by atoms with Crippen molar-refractivity contribution in [2.45, 2.75) is 33.6 Å². The van der Waals surface area contributed by atoms with Gasteiger partial charge in [-0.1, -0.05) is 6.92 Å².